The van der Waals surface area contributed by atoms with Crippen LogP contribution in [-0.4, -0.2) is 22.5 Å². The van der Waals surface area contributed by atoms with Crippen molar-refractivity contribution in [3.8, 4) is 16.3 Å². The van der Waals surface area contributed by atoms with Gasteiger partial charge in [-0.3, -0.25) is 4.79 Å². The normalized spacial score (nSPS) is 10.5. The molecule has 0 radical (unpaired) electrons. The third-order valence-corrected chi connectivity index (χ3v) is 4.41. The summed E-state index contributed by atoms with van der Waals surface area (Å²) in [6.45, 7) is 4.50. The summed E-state index contributed by atoms with van der Waals surface area (Å²) in [4.78, 5) is 20.9. The van der Waals surface area contributed by atoms with E-state index in [1.54, 1.807) is 12.3 Å². The Kier molecular flexibility index (Phi) is 5.40. The molecule has 3 aromatic rings. The van der Waals surface area contributed by atoms with Crippen LogP contribution in [0.4, 0.5) is 5.82 Å². The summed E-state index contributed by atoms with van der Waals surface area (Å²) in [5.74, 6) is 1.22. The minimum absolute atomic E-state index is 0.133. The summed E-state index contributed by atoms with van der Waals surface area (Å²) < 4.78 is 5.65. The van der Waals surface area contributed by atoms with Crippen molar-refractivity contribution >= 4 is 23.1 Å². The molecule has 3 rings (SSSR count). The molecule has 0 spiro atoms. The molecule has 0 aliphatic heterocycles. The first-order chi connectivity index (χ1) is 12.2. The zero-order chi connectivity index (χ0) is 17.6. The van der Waals surface area contributed by atoms with Gasteiger partial charge in [0.05, 0.1) is 24.3 Å². The molecule has 1 amide bonds. The Bertz CT molecular complexity index is 859. The fourth-order valence-corrected chi connectivity index (χ4v) is 3.18. The van der Waals surface area contributed by atoms with Gasteiger partial charge >= 0.3 is 0 Å². The molecule has 2 aromatic heterocycles. The number of carbonyl (C=O) groups excluding carboxylic acids is 1. The molecule has 0 fully saturated rings. The number of aromatic nitrogens is 2. The summed E-state index contributed by atoms with van der Waals surface area (Å²) in [7, 11) is 0. The van der Waals surface area contributed by atoms with Crippen molar-refractivity contribution in [2.45, 2.75) is 20.3 Å². The molecule has 5 nitrogen and oxygen atoms in total. The Morgan fingerprint density at radius 2 is 2.08 bits per heavy atom. The molecule has 0 atom stereocenters. The van der Waals surface area contributed by atoms with Gasteiger partial charge in [0.15, 0.2) is 0 Å². The Morgan fingerprint density at radius 1 is 1.24 bits per heavy atom. The Labute approximate surface area is 150 Å². The molecular weight excluding hydrogens is 334 g/mol. The van der Waals surface area contributed by atoms with E-state index in [4.69, 9.17) is 4.74 Å². The summed E-state index contributed by atoms with van der Waals surface area (Å²) in [5.41, 5.74) is 2.73. The molecule has 6 heteroatoms. The largest absolute Gasteiger partial charge is 0.493 e. The van der Waals surface area contributed by atoms with Gasteiger partial charge in [-0.25, -0.2) is 9.97 Å². The lowest BCUT2D eigenvalue weighted by Gasteiger charge is -2.07. The molecular formula is C19H19N3O2S. The van der Waals surface area contributed by atoms with Gasteiger partial charge in [-0.05, 0) is 37.6 Å². The van der Waals surface area contributed by atoms with Gasteiger partial charge in [-0.2, -0.15) is 0 Å². The number of thiazole rings is 1. The first kappa shape index (κ1) is 17.1. The number of hydrogen-bond donors (Lipinski definition) is 1. The van der Waals surface area contributed by atoms with Crippen LogP contribution in [0.25, 0.3) is 10.6 Å². The third-order valence-electron chi connectivity index (χ3n) is 3.49. The van der Waals surface area contributed by atoms with Crippen LogP contribution in [0.3, 0.4) is 0 Å². The highest BCUT2D eigenvalue weighted by molar-refractivity contribution is 7.13. The van der Waals surface area contributed by atoms with Crippen LogP contribution in [0.15, 0.2) is 48.0 Å². The second-order valence-electron chi connectivity index (χ2n) is 5.52. The first-order valence-electron chi connectivity index (χ1n) is 8.05. The molecule has 1 N–H and O–H groups in total. The van der Waals surface area contributed by atoms with E-state index in [0.29, 0.717) is 12.4 Å². The molecule has 1 aromatic carbocycles. The standard InChI is InChI=1S/C19H19N3O2S/c1-3-24-16-7-5-4-6-15(16)19-21-14(12-25-19)10-18(23)22-17-9-8-13(2)11-20-17/h4-9,11-12H,3,10H2,1-2H3,(H,20,22,23). The lowest BCUT2D eigenvalue weighted by Crippen LogP contribution is -2.15. The molecule has 0 saturated heterocycles. The number of para-hydroxylation sites is 1. The fraction of sp³-hybridized carbons (Fsp3) is 0.211. The van der Waals surface area contributed by atoms with E-state index in [0.717, 1.165) is 27.6 Å². The fourth-order valence-electron chi connectivity index (χ4n) is 2.33. The van der Waals surface area contributed by atoms with E-state index in [9.17, 15) is 4.79 Å². The van der Waals surface area contributed by atoms with Crippen LogP contribution >= 0.6 is 11.3 Å². The predicted octanol–water partition coefficient (Wildman–Crippen LogP) is 4.09. The molecule has 0 unspecified atom stereocenters. The van der Waals surface area contributed by atoms with Crippen LogP contribution < -0.4 is 10.1 Å². The number of pyridine rings is 1. The molecule has 0 aliphatic carbocycles. The van der Waals surface area contributed by atoms with Crippen LogP contribution in [0.5, 0.6) is 5.75 Å². The minimum Gasteiger partial charge on any atom is -0.493 e. The van der Waals surface area contributed by atoms with Crippen molar-refractivity contribution in [3.05, 3.63) is 59.2 Å². The Morgan fingerprint density at radius 3 is 2.84 bits per heavy atom. The molecule has 0 aliphatic rings. The lowest BCUT2D eigenvalue weighted by atomic mass is 10.2. The van der Waals surface area contributed by atoms with Crippen molar-refractivity contribution in [1.82, 2.24) is 9.97 Å². The minimum atomic E-state index is -0.133. The number of aryl methyl sites for hydroxylation is 1. The number of amides is 1. The summed E-state index contributed by atoms with van der Waals surface area (Å²) >= 11 is 1.51. The summed E-state index contributed by atoms with van der Waals surface area (Å²) in [6.07, 6.45) is 1.93. The molecule has 0 bridgehead atoms. The van der Waals surface area contributed by atoms with Crippen molar-refractivity contribution in [1.29, 1.82) is 0 Å². The number of rotatable bonds is 6. The van der Waals surface area contributed by atoms with E-state index in [2.05, 4.69) is 15.3 Å². The van der Waals surface area contributed by atoms with Gasteiger partial charge in [0, 0.05) is 11.6 Å². The lowest BCUT2D eigenvalue weighted by molar-refractivity contribution is -0.115. The van der Waals surface area contributed by atoms with Gasteiger partial charge in [-0.15, -0.1) is 11.3 Å². The number of nitrogens with one attached hydrogen (secondary N) is 1. The molecule has 128 valence electrons. The van der Waals surface area contributed by atoms with Crippen LogP contribution in [0.2, 0.25) is 0 Å². The van der Waals surface area contributed by atoms with E-state index in [1.807, 2.05) is 49.6 Å². The van der Waals surface area contributed by atoms with Crippen LogP contribution in [0.1, 0.15) is 18.2 Å². The smallest absolute Gasteiger partial charge is 0.231 e. The van der Waals surface area contributed by atoms with E-state index < -0.39 is 0 Å². The molecule has 2 heterocycles. The SMILES string of the molecule is CCOc1ccccc1-c1nc(CC(=O)Nc2ccc(C)cn2)cs1. The number of benzene rings is 1. The highest BCUT2D eigenvalue weighted by atomic mass is 32.1. The monoisotopic (exact) mass is 353 g/mol. The quantitative estimate of drug-likeness (QED) is 0.725. The van der Waals surface area contributed by atoms with Gasteiger partial charge in [0.1, 0.15) is 16.6 Å². The highest BCUT2D eigenvalue weighted by Gasteiger charge is 2.12. The Hall–Kier alpha value is -2.73. The number of anilines is 1. The van der Waals surface area contributed by atoms with E-state index in [-0.39, 0.29) is 12.3 Å². The topological polar surface area (TPSA) is 64.1 Å². The van der Waals surface area contributed by atoms with Gasteiger partial charge in [0.2, 0.25) is 5.91 Å². The van der Waals surface area contributed by atoms with Crippen molar-refractivity contribution in [3.63, 3.8) is 0 Å². The number of hydrogen-bond acceptors (Lipinski definition) is 5. The maximum atomic E-state index is 12.2. The second kappa shape index (κ2) is 7.90. The maximum absolute atomic E-state index is 12.2. The number of carbonyl (C=O) groups is 1. The van der Waals surface area contributed by atoms with E-state index in [1.165, 1.54) is 11.3 Å². The predicted molar refractivity (Wildman–Crippen MR) is 100 cm³/mol. The van der Waals surface area contributed by atoms with Crippen molar-refractivity contribution in [2.75, 3.05) is 11.9 Å². The summed E-state index contributed by atoms with van der Waals surface area (Å²) in [5, 5.41) is 5.54. The van der Waals surface area contributed by atoms with Crippen LogP contribution in [0, 0.1) is 6.92 Å². The van der Waals surface area contributed by atoms with Gasteiger partial charge < -0.3 is 10.1 Å². The second-order valence-corrected chi connectivity index (χ2v) is 6.38. The number of ether oxygens (including phenoxy) is 1. The maximum Gasteiger partial charge on any atom is 0.231 e. The van der Waals surface area contributed by atoms with E-state index >= 15 is 0 Å². The highest BCUT2D eigenvalue weighted by Crippen LogP contribution is 2.32. The average molecular weight is 353 g/mol. The van der Waals surface area contributed by atoms with Crippen LogP contribution in [-0.2, 0) is 11.2 Å². The van der Waals surface area contributed by atoms with Gasteiger partial charge in [0.25, 0.3) is 0 Å². The van der Waals surface area contributed by atoms with Gasteiger partial charge in [-0.1, -0.05) is 18.2 Å². The average Bonchev–Trinajstić information content (AvgIpc) is 3.06. The molecule has 0 saturated carbocycles. The Balaban J connectivity index is 1.69. The number of nitrogens with zero attached hydrogens (tertiary/aromatic N) is 2. The zero-order valence-corrected chi connectivity index (χ0v) is 15.0. The third kappa shape index (κ3) is 4.42. The first-order valence-corrected chi connectivity index (χ1v) is 8.93. The zero-order valence-electron chi connectivity index (χ0n) is 14.2. The van der Waals surface area contributed by atoms with Crippen molar-refractivity contribution < 1.29 is 9.53 Å². The molecule has 25 heavy (non-hydrogen) atoms. The van der Waals surface area contributed by atoms with Crippen molar-refractivity contribution in [2.24, 2.45) is 0 Å². The summed E-state index contributed by atoms with van der Waals surface area (Å²) in [6, 6.07) is 11.5.